The quantitative estimate of drug-likeness (QED) is 0.922. The molecule has 2 amide bonds. The molecule has 0 bridgehead atoms. The maximum atomic E-state index is 12.5. The van der Waals surface area contributed by atoms with Gasteiger partial charge in [-0.3, -0.25) is 9.59 Å². The SMILES string of the molecule is C[C@@H]1CN(C(=O)c2ccc(NC(=O)CC#N)cc2)C[C@H](C)O1. The first-order chi connectivity index (χ1) is 10.5. The first kappa shape index (κ1) is 16.0. The van der Waals surface area contributed by atoms with Gasteiger partial charge in [0.25, 0.3) is 5.91 Å². The summed E-state index contributed by atoms with van der Waals surface area (Å²) in [6, 6.07) is 8.46. The molecule has 2 rings (SSSR count). The molecule has 1 N–H and O–H groups in total. The number of rotatable bonds is 3. The predicted molar refractivity (Wildman–Crippen MR) is 81.2 cm³/mol. The van der Waals surface area contributed by atoms with Gasteiger partial charge in [-0.1, -0.05) is 0 Å². The Kier molecular flexibility index (Phi) is 5.12. The van der Waals surface area contributed by atoms with E-state index in [1.807, 2.05) is 13.8 Å². The molecule has 0 aliphatic carbocycles. The van der Waals surface area contributed by atoms with E-state index in [4.69, 9.17) is 10.00 Å². The number of anilines is 1. The van der Waals surface area contributed by atoms with Crippen LogP contribution in [0, 0.1) is 11.3 Å². The van der Waals surface area contributed by atoms with Gasteiger partial charge in [-0.2, -0.15) is 5.26 Å². The number of nitriles is 1. The van der Waals surface area contributed by atoms with Gasteiger partial charge >= 0.3 is 0 Å². The molecule has 0 radical (unpaired) electrons. The molecular weight excluding hydrogens is 282 g/mol. The molecule has 1 aromatic rings. The summed E-state index contributed by atoms with van der Waals surface area (Å²) in [5.41, 5.74) is 1.14. The van der Waals surface area contributed by atoms with Crippen LogP contribution in [0.25, 0.3) is 0 Å². The number of carbonyl (C=O) groups is 2. The fourth-order valence-corrected chi connectivity index (χ4v) is 2.50. The highest BCUT2D eigenvalue weighted by Gasteiger charge is 2.26. The average molecular weight is 301 g/mol. The number of amides is 2. The van der Waals surface area contributed by atoms with E-state index in [9.17, 15) is 9.59 Å². The Morgan fingerprint density at radius 2 is 1.86 bits per heavy atom. The van der Waals surface area contributed by atoms with Gasteiger partial charge in [-0.15, -0.1) is 0 Å². The molecule has 1 fully saturated rings. The number of benzene rings is 1. The van der Waals surface area contributed by atoms with Crippen LogP contribution < -0.4 is 5.32 Å². The van der Waals surface area contributed by atoms with E-state index in [-0.39, 0.29) is 30.4 Å². The molecule has 1 heterocycles. The second-order valence-corrected chi connectivity index (χ2v) is 5.43. The van der Waals surface area contributed by atoms with Crippen LogP contribution in [0.4, 0.5) is 5.69 Å². The van der Waals surface area contributed by atoms with Crippen LogP contribution in [0.5, 0.6) is 0 Å². The van der Waals surface area contributed by atoms with Crippen molar-refractivity contribution in [1.82, 2.24) is 4.90 Å². The smallest absolute Gasteiger partial charge is 0.254 e. The van der Waals surface area contributed by atoms with Gasteiger partial charge in [0.2, 0.25) is 5.91 Å². The summed E-state index contributed by atoms with van der Waals surface area (Å²) in [4.78, 5) is 25.6. The van der Waals surface area contributed by atoms with E-state index in [0.29, 0.717) is 24.3 Å². The van der Waals surface area contributed by atoms with Gasteiger partial charge in [0.05, 0.1) is 18.3 Å². The van der Waals surface area contributed by atoms with E-state index in [2.05, 4.69) is 5.32 Å². The van der Waals surface area contributed by atoms with Gasteiger partial charge in [0.15, 0.2) is 0 Å². The van der Waals surface area contributed by atoms with E-state index in [1.165, 1.54) is 0 Å². The third-order valence-electron chi connectivity index (χ3n) is 3.36. The van der Waals surface area contributed by atoms with Crippen molar-refractivity contribution in [1.29, 1.82) is 5.26 Å². The lowest BCUT2D eigenvalue weighted by Gasteiger charge is -2.35. The Labute approximate surface area is 129 Å². The van der Waals surface area contributed by atoms with Crippen LogP contribution in [0.15, 0.2) is 24.3 Å². The first-order valence-corrected chi connectivity index (χ1v) is 7.21. The summed E-state index contributed by atoms with van der Waals surface area (Å²) in [5.74, 6) is -0.408. The van der Waals surface area contributed by atoms with Crippen molar-refractivity contribution in [3.05, 3.63) is 29.8 Å². The molecule has 6 nitrogen and oxygen atoms in total. The van der Waals surface area contributed by atoms with Crippen molar-refractivity contribution >= 4 is 17.5 Å². The average Bonchev–Trinajstić information content (AvgIpc) is 2.46. The highest BCUT2D eigenvalue weighted by Crippen LogP contribution is 2.16. The van der Waals surface area contributed by atoms with Crippen molar-refractivity contribution in [2.45, 2.75) is 32.5 Å². The summed E-state index contributed by atoms with van der Waals surface area (Å²) in [6.45, 7) is 5.04. The first-order valence-electron chi connectivity index (χ1n) is 7.21. The topological polar surface area (TPSA) is 82.4 Å². The van der Waals surface area contributed by atoms with Gasteiger partial charge in [0.1, 0.15) is 6.42 Å². The molecule has 0 spiro atoms. The van der Waals surface area contributed by atoms with Crippen molar-refractivity contribution < 1.29 is 14.3 Å². The molecule has 1 aliphatic rings. The molecule has 116 valence electrons. The predicted octanol–water partition coefficient (Wildman–Crippen LogP) is 1.79. The van der Waals surface area contributed by atoms with Crippen LogP contribution >= 0.6 is 0 Å². The molecule has 22 heavy (non-hydrogen) atoms. The van der Waals surface area contributed by atoms with Gasteiger partial charge < -0.3 is 15.0 Å². The Morgan fingerprint density at radius 1 is 1.27 bits per heavy atom. The van der Waals surface area contributed by atoms with E-state index < -0.39 is 0 Å². The Bertz CT molecular complexity index is 582. The zero-order valence-electron chi connectivity index (χ0n) is 12.7. The Morgan fingerprint density at radius 3 is 2.41 bits per heavy atom. The molecule has 1 aliphatic heterocycles. The van der Waals surface area contributed by atoms with E-state index in [1.54, 1.807) is 35.2 Å². The zero-order chi connectivity index (χ0) is 16.1. The number of nitrogens with one attached hydrogen (secondary N) is 1. The number of ether oxygens (including phenoxy) is 1. The number of carbonyl (C=O) groups excluding carboxylic acids is 2. The normalized spacial score (nSPS) is 21.0. The second kappa shape index (κ2) is 7.05. The number of hydrogen-bond donors (Lipinski definition) is 1. The summed E-state index contributed by atoms with van der Waals surface area (Å²) < 4.78 is 5.62. The van der Waals surface area contributed by atoms with Crippen LogP contribution in [0.1, 0.15) is 30.6 Å². The molecule has 0 unspecified atom stereocenters. The van der Waals surface area contributed by atoms with E-state index >= 15 is 0 Å². The Hall–Kier alpha value is -2.39. The largest absolute Gasteiger partial charge is 0.372 e. The summed E-state index contributed by atoms with van der Waals surface area (Å²) in [6.07, 6.45) is -0.140. The van der Waals surface area contributed by atoms with Crippen LogP contribution in [-0.4, -0.2) is 42.0 Å². The van der Waals surface area contributed by atoms with Crippen molar-refractivity contribution in [3.8, 4) is 6.07 Å². The lowest BCUT2D eigenvalue weighted by atomic mass is 10.1. The third-order valence-corrected chi connectivity index (χ3v) is 3.36. The maximum Gasteiger partial charge on any atom is 0.254 e. The molecule has 6 heteroatoms. The monoisotopic (exact) mass is 301 g/mol. The fourth-order valence-electron chi connectivity index (χ4n) is 2.50. The molecule has 1 aromatic carbocycles. The number of morpholine rings is 1. The van der Waals surface area contributed by atoms with Crippen molar-refractivity contribution in [2.24, 2.45) is 0 Å². The highest BCUT2D eigenvalue weighted by atomic mass is 16.5. The zero-order valence-corrected chi connectivity index (χ0v) is 12.7. The Balaban J connectivity index is 2.02. The summed E-state index contributed by atoms with van der Waals surface area (Å²) in [5, 5.41) is 11.0. The lowest BCUT2D eigenvalue weighted by molar-refractivity contribution is -0.115. The summed E-state index contributed by atoms with van der Waals surface area (Å²) in [7, 11) is 0. The van der Waals surface area contributed by atoms with Crippen LogP contribution in [-0.2, 0) is 9.53 Å². The minimum atomic E-state index is -0.364. The molecular formula is C16H19N3O3. The maximum absolute atomic E-state index is 12.5. The van der Waals surface area contributed by atoms with Gasteiger partial charge in [0, 0.05) is 24.3 Å². The van der Waals surface area contributed by atoms with E-state index in [0.717, 1.165) is 0 Å². The van der Waals surface area contributed by atoms with Gasteiger partial charge in [-0.25, -0.2) is 0 Å². The minimum Gasteiger partial charge on any atom is -0.372 e. The van der Waals surface area contributed by atoms with Gasteiger partial charge in [-0.05, 0) is 38.1 Å². The number of hydrogen-bond acceptors (Lipinski definition) is 4. The number of nitrogens with zero attached hydrogens (tertiary/aromatic N) is 2. The van der Waals surface area contributed by atoms with Crippen molar-refractivity contribution in [2.75, 3.05) is 18.4 Å². The van der Waals surface area contributed by atoms with Crippen LogP contribution in [0.2, 0.25) is 0 Å². The van der Waals surface area contributed by atoms with Crippen molar-refractivity contribution in [3.63, 3.8) is 0 Å². The molecule has 0 saturated carbocycles. The third kappa shape index (κ3) is 4.06. The lowest BCUT2D eigenvalue weighted by Crippen LogP contribution is -2.48. The highest BCUT2D eigenvalue weighted by molar-refractivity contribution is 5.96. The minimum absolute atomic E-state index is 0.0252. The molecule has 1 saturated heterocycles. The second-order valence-electron chi connectivity index (χ2n) is 5.43. The molecule has 0 aromatic heterocycles. The molecule has 2 atom stereocenters. The summed E-state index contributed by atoms with van der Waals surface area (Å²) >= 11 is 0. The van der Waals surface area contributed by atoms with Crippen LogP contribution in [0.3, 0.4) is 0 Å². The standard InChI is InChI=1S/C16H19N3O3/c1-11-9-19(10-12(2)22-11)16(21)13-3-5-14(6-4-13)18-15(20)7-8-17/h3-6,11-12H,7,9-10H2,1-2H3,(H,18,20)/t11-,12+. The fraction of sp³-hybridized carbons (Fsp3) is 0.438.